The molecule has 2 aromatic rings. The SMILES string of the molecule is COc1ccc([C@H]2/C(=C(\O)c3ccccc3)C(=O)C(=O)N2CCN(C)C)c(OC)c1. The van der Waals surface area contributed by atoms with Gasteiger partial charge in [-0.1, -0.05) is 30.3 Å². The number of hydrogen-bond acceptors (Lipinski definition) is 6. The minimum Gasteiger partial charge on any atom is -0.507 e. The molecule has 0 aromatic heterocycles. The second-order valence-corrected chi connectivity index (χ2v) is 7.27. The van der Waals surface area contributed by atoms with Gasteiger partial charge in [0, 0.05) is 30.3 Å². The molecule has 1 N–H and O–H groups in total. The van der Waals surface area contributed by atoms with E-state index < -0.39 is 17.7 Å². The molecule has 1 fully saturated rings. The number of benzene rings is 2. The largest absolute Gasteiger partial charge is 0.507 e. The summed E-state index contributed by atoms with van der Waals surface area (Å²) >= 11 is 0. The Morgan fingerprint density at radius 3 is 2.37 bits per heavy atom. The first-order valence-electron chi connectivity index (χ1n) is 9.59. The van der Waals surface area contributed by atoms with E-state index in [1.807, 2.05) is 25.1 Å². The van der Waals surface area contributed by atoms with Crippen molar-refractivity contribution in [3.8, 4) is 11.5 Å². The lowest BCUT2D eigenvalue weighted by Crippen LogP contribution is -2.35. The standard InChI is InChI=1S/C23H26N2O5/c1-24(2)12-13-25-20(17-11-10-16(29-3)14-18(17)30-4)19(22(27)23(25)28)21(26)15-8-6-5-7-9-15/h5-11,14,20,26H,12-13H2,1-4H3/b21-19+/t20-/m0/s1. The molecular weight excluding hydrogens is 384 g/mol. The van der Waals surface area contributed by atoms with Gasteiger partial charge in [0.15, 0.2) is 0 Å². The van der Waals surface area contributed by atoms with Crippen molar-refractivity contribution in [1.82, 2.24) is 9.80 Å². The van der Waals surface area contributed by atoms with Crippen LogP contribution in [0.15, 0.2) is 54.1 Å². The maximum atomic E-state index is 13.0. The minimum absolute atomic E-state index is 0.0495. The van der Waals surface area contributed by atoms with Gasteiger partial charge >= 0.3 is 0 Å². The number of methoxy groups -OCH3 is 2. The zero-order valence-corrected chi connectivity index (χ0v) is 17.6. The molecule has 0 aliphatic carbocycles. The summed E-state index contributed by atoms with van der Waals surface area (Å²) in [5.74, 6) is -0.502. The molecule has 0 bridgehead atoms. The third-order valence-electron chi connectivity index (χ3n) is 5.11. The van der Waals surface area contributed by atoms with Crippen molar-refractivity contribution in [2.24, 2.45) is 0 Å². The maximum Gasteiger partial charge on any atom is 0.295 e. The van der Waals surface area contributed by atoms with E-state index in [0.717, 1.165) is 0 Å². The van der Waals surface area contributed by atoms with Crippen LogP contribution in [0.25, 0.3) is 5.76 Å². The Hall–Kier alpha value is -3.32. The topological polar surface area (TPSA) is 79.3 Å². The first-order valence-corrected chi connectivity index (χ1v) is 9.59. The molecule has 2 aromatic carbocycles. The van der Waals surface area contributed by atoms with Crippen LogP contribution in [-0.2, 0) is 9.59 Å². The van der Waals surface area contributed by atoms with Crippen LogP contribution in [0, 0.1) is 0 Å². The number of likely N-dealkylation sites (N-methyl/N-ethyl adjacent to an activating group) is 1. The van der Waals surface area contributed by atoms with Crippen molar-refractivity contribution < 1.29 is 24.2 Å². The van der Waals surface area contributed by atoms with Crippen LogP contribution in [-0.4, -0.2) is 68.0 Å². The Balaban J connectivity index is 2.20. The Morgan fingerprint density at radius 1 is 1.07 bits per heavy atom. The molecular formula is C23H26N2O5. The number of Topliss-reactive ketones (excluding diaryl/α,β-unsaturated/α-hetero) is 1. The highest BCUT2D eigenvalue weighted by atomic mass is 16.5. The molecule has 1 heterocycles. The van der Waals surface area contributed by atoms with Crippen molar-refractivity contribution in [1.29, 1.82) is 0 Å². The molecule has 1 saturated heterocycles. The quantitative estimate of drug-likeness (QED) is 0.430. The van der Waals surface area contributed by atoms with Gasteiger partial charge < -0.3 is 24.4 Å². The summed E-state index contributed by atoms with van der Waals surface area (Å²) in [4.78, 5) is 29.3. The van der Waals surface area contributed by atoms with Crippen molar-refractivity contribution in [3.63, 3.8) is 0 Å². The monoisotopic (exact) mass is 410 g/mol. The van der Waals surface area contributed by atoms with E-state index in [4.69, 9.17) is 9.47 Å². The summed E-state index contributed by atoms with van der Waals surface area (Å²) in [6.45, 7) is 0.885. The van der Waals surface area contributed by atoms with E-state index in [2.05, 4.69) is 0 Å². The average Bonchev–Trinajstić information content (AvgIpc) is 3.01. The van der Waals surface area contributed by atoms with Gasteiger partial charge in [0.1, 0.15) is 17.3 Å². The predicted octanol–water partition coefficient (Wildman–Crippen LogP) is 2.69. The van der Waals surface area contributed by atoms with Crippen LogP contribution < -0.4 is 9.47 Å². The van der Waals surface area contributed by atoms with Crippen molar-refractivity contribution in [3.05, 3.63) is 65.2 Å². The third-order valence-corrected chi connectivity index (χ3v) is 5.11. The first kappa shape index (κ1) is 21.4. The van der Waals surface area contributed by atoms with E-state index >= 15 is 0 Å². The van der Waals surface area contributed by atoms with Crippen LogP contribution in [0.3, 0.4) is 0 Å². The number of ketones is 1. The van der Waals surface area contributed by atoms with Crippen molar-refractivity contribution >= 4 is 17.4 Å². The highest BCUT2D eigenvalue weighted by Gasteiger charge is 2.46. The number of ether oxygens (including phenoxy) is 2. The van der Waals surface area contributed by atoms with Gasteiger partial charge in [0.25, 0.3) is 11.7 Å². The minimum atomic E-state index is -0.772. The molecule has 3 rings (SSSR count). The van der Waals surface area contributed by atoms with Gasteiger partial charge in [-0.3, -0.25) is 9.59 Å². The number of hydrogen-bond donors (Lipinski definition) is 1. The Morgan fingerprint density at radius 2 is 1.77 bits per heavy atom. The lowest BCUT2D eigenvalue weighted by atomic mass is 9.94. The fraction of sp³-hybridized carbons (Fsp3) is 0.304. The number of aliphatic hydroxyl groups excluding tert-OH is 1. The molecule has 0 radical (unpaired) electrons. The summed E-state index contributed by atoms with van der Waals surface area (Å²) in [7, 11) is 6.85. The summed E-state index contributed by atoms with van der Waals surface area (Å²) < 4.78 is 10.8. The highest BCUT2D eigenvalue weighted by Crippen LogP contribution is 2.43. The second-order valence-electron chi connectivity index (χ2n) is 7.27. The lowest BCUT2D eigenvalue weighted by molar-refractivity contribution is -0.140. The molecule has 7 heteroatoms. The van der Waals surface area contributed by atoms with Crippen LogP contribution in [0.4, 0.5) is 0 Å². The van der Waals surface area contributed by atoms with Gasteiger partial charge in [-0.25, -0.2) is 0 Å². The molecule has 1 aliphatic heterocycles. The van der Waals surface area contributed by atoms with Gasteiger partial charge in [-0.15, -0.1) is 0 Å². The molecule has 30 heavy (non-hydrogen) atoms. The molecule has 1 amide bonds. The van der Waals surface area contributed by atoms with Gasteiger partial charge in [-0.2, -0.15) is 0 Å². The molecule has 0 unspecified atom stereocenters. The summed E-state index contributed by atoms with van der Waals surface area (Å²) in [6, 6.07) is 13.2. The highest BCUT2D eigenvalue weighted by molar-refractivity contribution is 6.46. The smallest absolute Gasteiger partial charge is 0.295 e. The number of aliphatic hydroxyl groups is 1. The van der Waals surface area contributed by atoms with Crippen LogP contribution >= 0.6 is 0 Å². The number of amides is 1. The number of nitrogens with zero attached hydrogens (tertiary/aromatic N) is 2. The number of rotatable bonds is 7. The van der Waals surface area contributed by atoms with E-state index in [1.165, 1.54) is 12.0 Å². The fourth-order valence-corrected chi connectivity index (χ4v) is 3.54. The molecule has 0 spiro atoms. The van der Waals surface area contributed by atoms with Gasteiger partial charge in [0.05, 0.1) is 25.8 Å². The molecule has 0 saturated carbocycles. The van der Waals surface area contributed by atoms with Gasteiger partial charge in [-0.05, 0) is 26.2 Å². The predicted molar refractivity (Wildman–Crippen MR) is 114 cm³/mol. The maximum absolute atomic E-state index is 13.0. The van der Waals surface area contributed by atoms with Gasteiger partial charge in [0.2, 0.25) is 0 Å². The van der Waals surface area contributed by atoms with Crippen molar-refractivity contribution in [2.75, 3.05) is 41.4 Å². The number of carbonyl (C=O) groups is 2. The van der Waals surface area contributed by atoms with E-state index in [-0.39, 0.29) is 11.3 Å². The fourth-order valence-electron chi connectivity index (χ4n) is 3.54. The molecule has 1 aliphatic rings. The Kier molecular flexibility index (Phi) is 6.42. The normalized spacial score (nSPS) is 18.2. The van der Waals surface area contributed by atoms with Crippen molar-refractivity contribution in [2.45, 2.75) is 6.04 Å². The summed E-state index contributed by atoms with van der Waals surface area (Å²) in [6.07, 6.45) is 0. The second kappa shape index (κ2) is 9.00. The average molecular weight is 410 g/mol. The van der Waals surface area contributed by atoms with E-state index in [1.54, 1.807) is 49.6 Å². The number of likely N-dealkylation sites (tertiary alicyclic amines) is 1. The molecule has 158 valence electrons. The zero-order valence-electron chi connectivity index (χ0n) is 17.6. The molecule has 1 atom stereocenters. The summed E-state index contributed by atoms with van der Waals surface area (Å²) in [5.41, 5.74) is 1.13. The van der Waals surface area contributed by atoms with Crippen LogP contribution in [0.1, 0.15) is 17.2 Å². The zero-order chi connectivity index (χ0) is 21.8. The van der Waals surface area contributed by atoms with E-state index in [9.17, 15) is 14.7 Å². The number of carbonyl (C=O) groups excluding carboxylic acids is 2. The van der Waals surface area contributed by atoms with Crippen LogP contribution in [0.5, 0.6) is 11.5 Å². The summed E-state index contributed by atoms with van der Waals surface area (Å²) in [5, 5.41) is 11.0. The van der Waals surface area contributed by atoms with E-state index in [0.29, 0.717) is 35.7 Å². The Bertz CT molecular complexity index is 969. The third kappa shape index (κ3) is 4.02. The van der Waals surface area contributed by atoms with Crippen LogP contribution in [0.2, 0.25) is 0 Å². The lowest BCUT2D eigenvalue weighted by Gasteiger charge is -2.27. The first-order chi connectivity index (χ1) is 14.4. The molecule has 7 nitrogen and oxygen atoms in total. The Labute approximate surface area is 176 Å².